The lowest BCUT2D eigenvalue weighted by molar-refractivity contribution is -0.272. The fraction of sp³-hybridized carbons (Fsp3) is 0.467. The van der Waals surface area contributed by atoms with Crippen LogP contribution in [-0.4, -0.2) is 64.7 Å². The number of likely N-dealkylation sites (tertiary alicyclic amines) is 1. The number of nitrogens with zero attached hydrogens (tertiary/aromatic N) is 3. The molecular formula is C30H32F3N3O5. The highest BCUT2D eigenvalue weighted by Crippen LogP contribution is 2.44. The molecule has 2 fully saturated rings. The number of β-amino-alcohol motifs (C(OH)–C–C–N with tert-alkyl or cyclic N) is 1. The number of carboxylic acids is 1. The van der Waals surface area contributed by atoms with Crippen molar-refractivity contribution in [3.05, 3.63) is 59.3 Å². The number of carboxylic acid groups (broad SMARTS) is 1. The van der Waals surface area contributed by atoms with Crippen LogP contribution in [0.15, 0.2) is 42.6 Å². The van der Waals surface area contributed by atoms with Crippen molar-refractivity contribution in [1.82, 2.24) is 9.47 Å². The molecule has 0 spiro atoms. The molecule has 8 nitrogen and oxygen atoms in total. The zero-order valence-electron chi connectivity index (χ0n) is 22.7. The van der Waals surface area contributed by atoms with Crippen molar-refractivity contribution in [2.45, 2.75) is 56.5 Å². The van der Waals surface area contributed by atoms with Crippen LogP contribution >= 0.6 is 0 Å². The zero-order chi connectivity index (χ0) is 29.4. The monoisotopic (exact) mass is 571 g/mol. The Hall–Kier alpha value is -3.75. The van der Waals surface area contributed by atoms with E-state index in [2.05, 4.69) is 0 Å². The van der Waals surface area contributed by atoms with Gasteiger partial charge < -0.3 is 24.3 Å². The minimum absolute atomic E-state index is 0.157. The fourth-order valence-electron chi connectivity index (χ4n) is 5.53. The number of nitriles is 1. The third-order valence-electron chi connectivity index (χ3n) is 7.94. The Morgan fingerprint density at radius 1 is 1.10 bits per heavy atom. The molecule has 1 unspecified atom stereocenters. The van der Waals surface area contributed by atoms with Gasteiger partial charge in [-0.2, -0.15) is 18.4 Å². The maximum absolute atomic E-state index is 14.6. The highest BCUT2D eigenvalue weighted by atomic mass is 19.4. The Morgan fingerprint density at radius 3 is 2.44 bits per heavy atom. The third-order valence-corrected chi connectivity index (χ3v) is 7.94. The SMILES string of the molecule is COc1cc(CC(=O)O)ccc1OC1CCN(CC(O)(c2cn(CC3CC3)c3cc(C#N)ccc23)C(F)(F)F)CC1. The number of fused-ring (bicyclic) bond motifs is 1. The molecule has 1 aliphatic heterocycles. The first kappa shape index (κ1) is 28.8. The van der Waals surface area contributed by atoms with E-state index >= 15 is 0 Å². The van der Waals surface area contributed by atoms with E-state index in [1.807, 2.05) is 6.07 Å². The number of benzene rings is 2. The van der Waals surface area contributed by atoms with Crippen molar-refractivity contribution in [3.63, 3.8) is 0 Å². The van der Waals surface area contributed by atoms with Crippen LogP contribution in [0.4, 0.5) is 13.2 Å². The largest absolute Gasteiger partial charge is 0.493 e. The number of halogens is 3. The van der Waals surface area contributed by atoms with E-state index in [1.165, 1.54) is 25.4 Å². The molecule has 3 aromatic rings. The molecule has 2 aliphatic rings. The molecule has 218 valence electrons. The summed E-state index contributed by atoms with van der Waals surface area (Å²) in [5, 5.41) is 30.0. The van der Waals surface area contributed by atoms with Gasteiger partial charge in [0, 0.05) is 48.8 Å². The molecule has 1 aliphatic carbocycles. The summed E-state index contributed by atoms with van der Waals surface area (Å²) in [5.41, 5.74) is -1.88. The summed E-state index contributed by atoms with van der Waals surface area (Å²) < 4.78 is 57.1. The summed E-state index contributed by atoms with van der Waals surface area (Å²) in [5.74, 6) is 0.243. The van der Waals surface area contributed by atoms with E-state index in [4.69, 9.17) is 14.6 Å². The molecule has 1 saturated carbocycles. The van der Waals surface area contributed by atoms with Crippen LogP contribution in [0.2, 0.25) is 0 Å². The van der Waals surface area contributed by atoms with Crippen LogP contribution < -0.4 is 9.47 Å². The molecule has 2 N–H and O–H groups in total. The van der Waals surface area contributed by atoms with Gasteiger partial charge in [0.2, 0.25) is 5.60 Å². The predicted molar refractivity (Wildman–Crippen MR) is 144 cm³/mol. The quantitative estimate of drug-likeness (QED) is 0.358. The van der Waals surface area contributed by atoms with Crippen LogP contribution in [0.5, 0.6) is 11.5 Å². The van der Waals surface area contributed by atoms with E-state index in [9.17, 15) is 28.3 Å². The Labute approximate surface area is 235 Å². The minimum atomic E-state index is -4.93. The number of aliphatic carboxylic acids is 1. The molecule has 41 heavy (non-hydrogen) atoms. The van der Waals surface area contributed by atoms with E-state index in [0.29, 0.717) is 58.8 Å². The summed E-state index contributed by atoms with van der Waals surface area (Å²) in [7, 11) is 1.45. The molecule has 5 rings (SSSR count). The third kappa shape index (κ3) is 6.14. The molecule has 1 aromatic heterocycles. The van der Waals surface area contributed by atoms with Gasteiger partial charge >= 0.3 is 12.1 Å². The van der Waals surface area contributed by atoms with E-state index in [-0.39, 0.29) is 31.2 Å². The standard InChI is InChI=1S/C30H32F3N3O5/c1-40-27-13-20(14-28(37)38)5-7-26(27)41-22-8-10-35(11-9-22)18-29(39,30(31,32)33)24-17-36(16-19-2-3-19)25-12-21(15-34)4-6-23(24)25/h4-7,12-13,17,19,22,39H,2-3,8-11,14,16,18H2,1H3,(H,37,38). The fourth-order valence-corrected chi connectivity index (χ4v) is 5.53. The topological polar surface area (TPSA) is 108 Å². The van der Waals surface area contributed by atoms with Crippen molar-refractivity contribution < 1.29 is 37.7 Å². The van der Waals surface area contributed by atoms with E-state index in [0.717, 1.165) is 12.8 Å². The number of piperidine rings is 1. The summed E-state index contributed by atoms with van der Waals surface area (Å²) in [4.78, 5) is 12.6. The molecule has 2 heterocycles. The van der Waals surface area contributed by atoms with Gasteiger partial charge in [-0.05, 0) is 61.4 Å². The van der Waals surface area contributed by atoms with Crippen LogP contribution in [-0.2, 0) is 23.4 Å². The van der Waals surface area contributed by atoms with Gasteiger partial charge in [-0.25, -0.2) is 0 Å². The number of alkyl halides is 3. The van der Waals surface area contributed by atoms with Crippen LogP contribution in [0, 0.1) is 17.2 Å². The van der Waals surface area contributed by atoms with Gasteiger partial charge in [-0.15, -0.1) is 0 Å². The Balaban J connectivity index is 1.33. The van der Waals surface area contributed by atoms with Gasteiger partial charge in [0.1, 0.15) is 6.10 Å². The molecule has 0 bridgehead atoms. The van der Waals surface area contributed by atoms with Gasteiger partial charge in [-0.3, -0.25) is 9.69 Å². The number of hydrogen-bond donors (Lipinski definition) is 2. The normalized spacial score (nSPS) is 18.1. The lowest BCUT2D eigenvalue weighted by atomic mass is 9.90. The van der Waals surface area contributed by atoms with Gasteiger partial charge in [0.25, 0.3) is 0 Å². The average Bonchev–Trinajstić information content (AvgIpc) is 3.68. The minimum Gasteiger partial charge on any atom is -0.493 e. The maximum atomic E-state index is 14.6. The maximum Gasteiger partial charge on any atom is 0.422 e. The van der Waals surface area contributed by atoms with E-state index in [1.54, 1.807) is 33.7 Å². The van der Waals surface area contributed by atoms with Crippen LogP contribution in [0.1, 0.15) is 42.4 Å². The summed E-state index contributed by atoms with van der Waals surface area (Å²) in [6, 6.07) is 11.5. The summed E-state index contributed by atoms with van der Waals surface area (Å²) >= 11 is 0. The lowest BCUT2D eigenvalue weighted by Gasteiger charge is -2.39. The highest BCUT2D eigenvalue weighted by Gasteiger charge is 2.57. The van der Waals surface area contributed by atoms with Crippen molar-refractivity contribution >= 4 is 16.9 Å². The number of rotatable bonds is 10. The zero-order valence-corrected chi connectivity index (χ0v) is 22.7. The van der Waals surface area contributed by atoms with Gasteiger partial charge in [0.15, 0.2) is 11.5 Å². The molecule has 1 saturated heterocycles. The second-order valence-electron chi connectivity index (χ2n) is 11.0. The van der Waals surface area contributed by atoms with Crippen molar-refractivity contribution in [2.75, 3.05) is 26.7 Å². The number of aliphatic hydroxyl groups is 1. The first-order chi connectivity index (χ1) is 19.5. The lowest BCUT2D eigenvalue weighted by Crippen LogP contribution is -2.53. The number of hydrogen-bond acceptors (Lipinski definition) is 6. The van der Waals surface area contributed by atoms with E-state index < -0.39 is 24.3 Å². The highest BCUT2D eigenvalue weighted by molar-refractivity contribution is 5.86. The Morgan fingerprint density at radius 2 is 1.83 bits per heavy atom. The molecule has 11 heteroatoms. The first-order valence-corrected chi connectivity index (χ1v) is 13.6. The number of carbonyl (C=O) groups is 1. The second kappa shape index (κ2) is 11.3. The second-order valence-corrected chi connectivity index (χ2v) is 11.0. The van der Waals surface area contributed by atoms with Crippen molar-refractivity contribution in [2.24, 2.45) is 5.92 Å². The molecule has 0 amide bonds. The smallest absolute Gasteiger partial charge is 0.422 e. The molecular weight excluding hydrogens is 539 g/mol. The Bertz CT molecular complexity index is 1470. The first-order valence-electron chi connectivity index (χ1n) is 13.6. The van der Waals surface area contributed by atoms with Crippen LogP contribution in [0.25, 0.3) is 10.9 Å². The van der Waals surface area contributed by atoms with Crippen molar-refractivity contribution in [3.8, 4) is 17.6 Å². The Kier molecular flexibility index (Phi) is 7.90. The number of aromatic nitrogens is 1. The summed E-state index contributed by atoms with van der Waals surface area (Å²) in [6.07, 6.45) is -1.08. The van der Waals surface area contributed by atoms with Crippen molar-refractivity contribution in [1.29, 1.82) is 5.26 Å². The number of ether oxygens (including phenoxy) is 2. The molecule has 1 atom stereocenters. The molecule has 2 aromatic carbocycles. The number of methoxy groups -OCH3 is 1. The van der Waals surface area contributed by atoms with Crippen LogP contribution in [0.3, 0.4) is 0 Å². The summed E-state index contributed by atoms with van der Waals surface area (Å²) in [6.45, 7) is 0.477. The van der Waals surface area contributed by atoms with Gasteiger partial charge in [-0.1, -0.05) is 12.1 Å². The average molecular weight is 572 g/mol. The predicted octanol–water partition coefficient (Wildman–Crippen LogP) is 4.85. The molecule has 0 radical (unpaired) electrons. The van der Waals surface area contributed by atoms with Gasteiger partial charge in [0.05, 0.1) is 25.2 Å².